The average Bonchev–Trinajstić information content (AvgIpc) is 3.00. The monoisotopic (exact) mass is 425 g/mol. The Morgan fingerprint density at radius 3 is 2.41 bits per heavy atom. The summed E-state index contributed by atoms with van der Waals surface area (Å²) >= 11 is 7.35. The Labute approximate surface area is 166 Å². The van der Waals surface area contributed by atoms with Crippen molar-refractivity contribution in [2.75, 3.05) is 11.5 Å². The first kappa shape index (κ1) is 19.9. The number of benzene rings is 2. The molecule has 0 aliphatic carbocycles. The second kappa shape index (κ2) is 8.41. The van der Waals surface area contributed by atoms with E-state index in [-0.39, 0.29) is 10.6 Å². The fourth-order valence-corrected chi connectivity index (χ4v) is 4.93. The zero-order valence-electron chi connectivity index (χ0n) is 14.5. The predicted molar refractivity (Wildman–Crippen MR) is 105 cm³/mol. The van der Waals surface area contributed by atoms with Crippen LogP contribution in [0.25, 0.3) is 11.4 Å². The zero-order valence-corrected chi connectivity index (χ0v) is 16.9. The Morgan fingerprint density at radius 1 is 1.07 bits per heavy atom. The molecule has 0 fully saturated rings. The molecule has 0 saturated carbocycles. The number of thioether (sulfide) groups is 1. The van der Waals surface area contributed by atoms with Crippen LogP contribution in [0.3, 0.4) is 0 Å². The van der Waals surface area contributed by atoms with Crippen molar-refractivity contribution in [2.24, 2.45) is 7.05 Å². The minimum atomic E-state index is -3.42. The average molecular weight is 426 g/mol. The maximum absolute atomic E-state index is 12.9. The summed E-state index contributed by atoms with van der Waals surface area (Å²) in [6, 6.07) is 12.2. The third kappa shape index (κ3) is 4.88. The largest absolute Gasteiger partial charge is 0.305 e. The zero-order chi connectivity index (χ0) is 19.4. The van der Waals surface area contributed by atoms with Crippen molar-refractivity contribution >= 4 is 33.2 Å². The second-order valence-corrected chi connectivity index (χ2v) is 9.45. The van der Waals surface area contributed by atoms with Gasteiger partial charge in [-0.2, -0.15) is 0 Å². The fourth-order valence-electron chi connectivity index (χ4n) is 2.46. The normalized spacial score (nSPS) is 11.7. The van der Waals surface area contributed by atoms with Crippen molar-refractivity contribution < 1.29 is 12.8 Å². The van der Waals surface area contributed by atoms with Crippen LogP contribution in [-0.4, -0.2) is 34.7 Å². The van der Waals surface area contributed by atoms with Gasteiger partial charge >= 0.3 is 0 Å². The van der Waals surface area contributed by atoms with Crippen molar-refractivity contribution in [1.82, 2.24) is 14.8 Å². The first-order valence-corrected chi connectivity index (χ1v) is 11.1. The van der Waals surface area contributed by atoms with Crippen molar-refractivity contribution in [3.05, 3.63) is 59.4 Å². The fraction of sp³-hybridized carbons (Fsp3) is 0.222. The highest BCUT2D eigenvalue weighted by atomic mass is 35.5. The quantitative estimate of drug-likeness (QED) is 0.322. The van der Waals surface area contributed by atoms with Gasteiger partial charge in [0.15, 0.2) is 20.8 Å². The van der Waals surface area contributed by atoms with E-state index in [2.05, 4.69) is 10.2 Å². The maximum atomic E-state index is 12.9. The molecule has 3 rings (SSSR count). The molecular formula is C18H17ClFN3O2S2. The van der Waals surface area contributed by atoms with E-state index in [1.807, 2.05) is 23.7 Å². The summed E-state index contributed by atoms with van der Waals surface area (Å²) in [6.07, 6.45) is 0.452. The molecule has 27 heavy (non-hydrogen) atoms. The molecule has 0 saturated heterocycles. The van der Waals surface area contributed by atoms with E-state index in [0.29, 0.717) is 28.2 Å². The van der Waals surface area contributed by atoms with Gasteiger partial charge in [0.2, 0.25) is 0 Å². The Hall–Kier alpha value is -1.90. The van der Waals surface area contributed by atoms with Gasteiger partial charge in [0.05, 0.1) is 10.6 Å². The van der Waals surface area contributed by atoms with Gasteiger partial charge in [-0.15, -0.1) is 10.2 Å². The molecule has 0 spiro atoms. The van der Waals surface area contributed by atoms with E-state index < -0.39 is 15.7 Å². The minimum absolute atomic E-state index is 0.00642. The van der Waals surface area contributed by atoms with Crippen LogP contribution in [0, 0.1) is 5.82 Å². The Kier molecular flexibility index (Phi) is 6.18. The summed E-state index contributed by atoms with van der Waals surface area (Å²) in [7, 11) is -1.56. The summed E-state index contributed by atoms with van der Waals surface area (Å²) in [5.41, 5.74) is 0.903. The molecule has 1 aromatic heterocycles. The molecule has 0 aliphatic heterocycles. The van der Waals surface area contributed by atoms with Crippen LogP contribution in [0.15, 0.2) is 58.6 Å². The van der Waals surface area contributed by atoms with Gasteiger partial charge in [0, 0.05) is 23.4 Å². The highest BCUT2D eigenvalue weighted by Gasteiger charge is 2.15. The van der Waals surface area contributed by atoms with Gasteiger partial charge in [0.1, 0.15) is 5.82 Å². The van der Waals surface area contributed by atoms with E-state index in [0.717, 1.165) is 17.7 Å². The predicted octanol–water partition coefficient (Wildman–Crippen LogP) is 4.23. The van der Waals surface area contributed by atoms with Crippen molar-refractivity contribution in [1.29, 1.82) is 0 Å². The van der Waals surface area contributed by atoms with E-state index in [4.69, 9.17) is 11.6 Å². The molecule has 0 atom stereocenters. The lowest BCUT2D eigenvalue weighted by molar-refractivity contribution is 0.593. The van der Waals surface area contributed by atoms with Crippen molar-refractivity contribution in [3.63, 3.8) is 0 Å². The van der Waals surface area contributed by atoms with E-state index >= 15 is 0 Å². The molecular weight excluding hydrogens is 409 g/mol. The van der Waals surface area contributed by atoms with Crippen LogP contribution in [0.1, 0.15) is 6.42 Å². The van der Waals surface area contributed by atoms with Gasteiger partial charge in [-0.1, -0.05) is 23.4 Å². The van der Waals surface area contributed by atoms with E-state index in [1.54, 1.807) is 12.1 Å². The van der Waals surface area contributed by atoms with E-state index in [9.17, 15) is 12.8 Å². The number of nitrogens with zero attached hydrogens (tertiary/aromatic N) is 3. The molecule has 0 aliphatic rings. The van der Waals surface area contributed by atoms with Crippen LogP contribution >= 0.6 is 23.4 Å². The topological polar surface area (TPSA) is 64.8 Å². The molecule has 2 aromatic carbocycles. The molecule has 9 heteroatoms. The van der Waals surface area contributed by atoms with Gasteiger partial charge in [-0.3, -0.25) is 0 Å². The highest BCUT2D eigenvalue weighted by molar-refractivity contribution is 7.99. The number of sulfone groups is 1. The van der Waals surface area contributed by atoms with Crippen molar-refractivity contribution in [3.8, 4) is 11.4 Å². The molecule has 5 nitrogen and oxygen atoms in total. The standard InChI is InChI=1S/C18H17ClFN3O2S2/c1-23-17(13-3-5-14(19)6-4-13)21-22-18(23)26-11-2-12-27(24,25)16-9-7-15(20)8-10-16/h3-10H,2,11-12H2,1H3. The van der Waals surface area contributed by atoms with Crippen LogP contribution in [-0.2, 0) is 16.9 Å². The minimum Gasteiger partial charge on any atom is -0.305 e. The molecule has 1 heterocycles. The summed E-state index contributed by atoms with van der Waals surface area (Å²) < 4.78 is 39.3. The molecule has 0 bridgehead atoms. The molecule has 0 unspecified atom stereocenters. The summed E-state index contributed by atoms with van der Waals surface area (Å²) in [4.78, 5) is 0.137. The summed E-state index contributed by atoms with van der Waals surface area (Å²) in [6.45, 7) is 0. The molecule has 0 radical (unpaired) electrons. The first-order valence-electron chi connectivity index (χ1n) is 8.13. The smallest absolute Gasteiger partial charge is 0.191 e. The van der Waals surface area contributed by atoms with Crippen LogP contribution in [0.4, 0.5) is 4.39 Å². The lowest BCUT2D eigenvalue weighted by Gasteiger charge is -2.05. The Bertz CT molecular complexity index is 1020. The molecule has 0 amide bonds. The Morgan fingerprint density at radius 2 is 1.74 bits per heavy atom. The second-order valence-electron chi connectivity index (χ2n) is 5.85. The van der Waals surface area contributed by atoms with Gasteiger partial charge in [0.25, 0.3) is 0 Å². The Balaban J connectivity index is 1.58. The SMILES string of the molecule is Cn1c(SCCCS(=O)(=O)c2ccc(F)cc2)nnc1-c1ccc(Cl)cc1. The number of hydrogen-bond acceptors (Lipinski definition) is 5. The van der Waals surface area contributed by atoms with E-state index in [1.165, 1.54) is 23.9 Å². The molecule has 0 N–H and O–H groups in total. The first-order chi connectivity index (χ1) is 12.9. The highest BCUT2D eigenvalue weighted by Crippen LogP contribution is 2.24. The lowest BCUT2D eigenvalue weighted by Crippen LogP contribution is -2.08. The molecule has 142 valence electrons. The van der Waals surface area contributed by atoms with Crippen LogP contribution in [0.2, 0.25) is 5.02 Å². The lowest BCUT2D eigenvalue weighted by atomic mass is 10.2. The molecule has 3 aromatic rings. The third-order valence-corrected chi connectivity index (χ3v) is 7.07. The maximum Gasteiger partial charge on any atom is 0.191 e. The summed E-state index contributed by atoms with van der Waals surface area (Å²) in [5.74, 6) is 0.831. The summed E-state index contributed by atoms with van der Waals surface area (Å²) in [5, 5.41) is 9.72. The van der Waals surface area contributed by atoms with Crippen LogP contribution in [0.5, 0.6) is 0 Å². The number of halogens is 2. The van der Waals surface area contributed by atoms with Crippen molar-refractivity contribution in [2.45, 2.75) is 16.5 Å². The van der Waals surface area contributed by atoms with Gasteiger partial charge in [-0.25, -0.2) is 12.8 Å². The van der Waals surface area contributed by atoms with Crippen LogP contribution < -0.4 is 0 Å². The number of aromatic nitrogens is 3. The number of hydrogen-bond donors (Lipinski definition) is 0. The van der Waals surface area contributed by atoms with Gasteiger partial charge in [-0.05, 0) is 55.0 Å². The number of rotatable bonds is 7. The van der Waals surface area contributed by atoms with Gasteiger partial charge < -0.3 is 4.57 Å². The third-order valence-electron chi connectivity index (χ3n) is 3.90.